The molecule has 166 valence electrons. The smallest absolute Gasteiger partial charge is 0.475 e. The van der Waals surface area contributed by atoms with Gasteiger partial charge in [-0.3, -0.25) is 4.90 Å². The fraction of sp³-hybridized carbons (Fsp3) is 0.350. The Labute approximate surface area is 180 Å². The summed E-state index contributed by atoms with van der Waals surface area (Å²) < 4.78 is 37.3. The molecule has 31 heavy (non-hydrogen) atoms. The first-order valence-corrected chi connectivity index (χ1v) is 10.2. The van der Waals surface area contributed by atoms with E-state index in [1.165, 1.54) is 5.56 Å². The number of carbonyl (C=O) groups is 1. The quantitative estimate of drug-likeness (QED) is 0.563. The molecule has 0 aliphatic carbocycles. The summed E-state index contributed by atoms with van der Waals surface area (Å²) in [5.41, 5.74) is 1.29. The minimum atomic E-state index is -5.08. The molecule has 4 rings (SSSR count). The normalized spacial score (nSPS) is 14.1. The lowest BCUT2D eigenvalue weighted by atomic mass is 10.1. The Balaban J connectivity index is 0.000000339. The molecule has 1 aliphatic heterocycles. The maximum Gasteiger partial charge on any atom is 0.490 e. The highest BCUT2D eigenvalue weighted by Gasteiger charge is 2.38. The molecule has 0 amide bonds. The molecule has 3 heterocycles. The fourth-order valence-electron chi connectivity index (χ4n) is 2.78. The van der Waals surface area contributed by atoms with Crippen LogP contribution < -0.4 is 5.32 Å². The Morgan fingerprint density at radius 3 is 2.39 bits per heavy atom. The monoisotopic (exact) mass is 454 g/mol. The first-order chi connectivity index (χ1) is 14.8. The zero-order chi connectivity index (χ0) is 22.3. The van der Waals surface area contributed by atoms with Crippen LogP contribution in [0.5, 0.6) is 0 Å². The van der Waals surface area contributed by atoms with Crippen LogP contribution in [0.4, 0.5) is 13.2 Å². The number of benzene rings is 1. The molecular formula is C20H21F3N4O3S. The summed E-state index contributed by atoms with van der Waals surface area (Å²) in [5, 5.41) is 21.4. The Morgan fingerprint density at radius 2 is 1.84 bits per heavy atom. The zero-order valence-electron chi connectivity index (χ0n) is 16.4. The van der Waals surface area contributed by atoms with Crippen molar-refractivity contribution in [1.29, 1.82) is 0 Å². The first kappa shape index (κ1) is 22.9. The van der Waals surface area contributed by atoms with E-state index in [2.05, 4.69) is 44.7 Å². The molecule has 2 N–H and O–H groups in total. The standard InChI is InChI=1S/C18H20N4OS.C2HF3O2/c1-2-5-14(6-3-1)11-22(12-16-7-4-8-23-16)13-17-20-21-18(24-17)15-9-19-10-15;3-2(4,5)1(6)7/h1-8,15,19H,9-13H2;(H,6,7). The highest BCUT2D eigenvalue weighted by molar-refractivity contribution is 7.11. The molecule has 0 radical (unpaired) electrons. The molecule has 11 heteroatoms. The van der Waals surface area contributed by atoms with Crippen molar-refractivity contribution in [2.75, 3.05) is 13.1 Å². The van der Waals surface area contributed by atoms with E-state index >= 15 is 0 Å². The number of hydrogen-bond acceptors (Lipinski definition) is 7. The maximum absolute atomic E-state index is 10.6. The van der Waals surface area contributed by atoms with Gasteiger partial charge in [-0.05, 0) is 17.7 Å². The van der Waals surface area contributed by atoms with E-state index in [1.54, 1.807) is 17.6 Å². The predicted molar refractivity (Wildman–Crippen MR) is 107 cm³/mol. The highest BCUT2D eigenvalue weighted by Crippen LogP contribution is 2.24. The minimum Gasteiger partial charge on any atom is -0.475 e. The van der Waals surface area contributed by atoms with Crippen LogP contribution in [-0.2, 0) is 24.4 Å². The molecule has 0 atom stereocenters. The molecule has 3 aromatic rings. The van der Waals surface area contributed by atoms with Crippen LogP contribution in [0, 0.1) is 0 Å². The average molecular weight is 454 g/mol. The molecule has 0 unspecified atom stereocenters. The Bertz CT molecular complexity index is 944. The molecule has 1 fully saturated rings. The number of rotatable bonds is 7. The molecule has 7 nitrogen and oxygen atoms in total. The van der Waals surface area contributed by atoms with Crippen LogP contribution >= 0.6 is 11.3 Å². The van der Waals surface area contributed by atoms with Crippen molar-refractivity contribution in [2.45, 2.75) is 31.7 Å². The van der Waals surface area contributed by atoms with Gasteiger partial charge in [0.2, 0.25) is 0 Å². The van der Waals surface area contributed by atoms with E-state index in [0.29, 0.717) is 5.92 Å². The second kappa shape index (κ2) is 10.5. The Morgan fingerprint density at radius 1 is 1.13 bits per heavy atom. The molecule has 1 aliphatic rings. The number of hydrogen-bond donors (Lipinski definition) is 2. The van der Waals surface area contributed by atoms with Crippen LogP contribution in [-0.4, -0.2) is 45.4 Å². The van der Waals surface area contributed by atoms with Crippen LogP contribution in [0.1, 0.15) is 27.3 Å². The number of nitrogens with one attached hydrogen (secondary N) is 1. The first-order valence-electron chi connectivity index (χ1n) is 9.43. The summed E-state index contributed by atoms with van der Waals surface area (Å²) in [7, 11) is 0. The lowest BCUT2D eigenvalue weighted by molar-refractivity contribution is -0.192. The van der Waals surface area contributed by atoms with Crippen molar-refractivity contribution < 1.29 is 27.5 Å². The van der Waals surface area contributed by atoms with Crippen LogP contribution in [0.25, 0.3) is 0 Å². The summed E-state index contributed by atoms with van der Waals surface area (Å²) in [6.45, 7) is 4.46. The van der Waals surface area contributed by atoms with Gasteiger partial charge >= 0.3 is 12.1 Å². The fourth-order valence-corrected chi connectivity index (χ4v) is 3.77. The predicted octanol–water partition coefficient (Wildman–Crippen LogP) is 3.65. The maximum atomic E-state index is 10.6. The number of aliphatic carboxylic acids is 1. The molecule has 0 saturated carbocycles. The second-order valence-corrected chi connectivity index (χ2v) is 8.00. The van der Waals surface area contributed by atoms with Crippen molar-refractivity contribution >= 4 is 17.3 Å². The van der Waals surface area contributed by atoms with Gasteiger partial charge < -0.3 is 14.8 Å². The van der Waals surface area contributed by atoms with E-state index in [9.17, 15) is 13.2 Å². The summed E-state index contributed by atoms with van der Waals surface area (Å²) >= 11 is 1.73. The lowest BCUT2D eigenvalue weighted by Gasteiger charge is -2.24. The average Bonchev–Trinajstić information content (AvgIpc) is 3.33. The van der Waals surface area contributed by atoms with Gasteiger partial charge in [-0.1, -0.05) is 41.7 Å². The SMILES string of the molecule is O=C(O)C(F)(F)F.c1ccc(CN(Cc2ccco2)Cc2nnc(C3CNC3)s2)cc1. The third kappa shape index (κ3) is 7.16. The molecule has 1 aromatic carbocycles. The summed E-state index contributed by atoms with van der Waals surface area (Å²) in [6.07, 6.45) is -3.36. The van der Waals surface area contributed by atoms with Gasteiger partial charge in [0, 0.05) is 25.6 Å². The summed E-state index contributed by atoms with van der Waals surface area (Å²) in [4.78, 5) is 11.2. The van der Waals surface area contributed by atoms with Gasteiger partial charge in [0.15, 0.2) is 0 Å². The molecule has 0 bridgehead atoms. The Hall–Kier alpha value is -2.76. The molecular weight excluding hydrogens is 433 g/mol. The van der Waals surface area contributed by atoms with Gasteiger partial charge in [0.05, 0.1) is 19.4 Å². The van der Waals surface area contributed by atoms with Crippen molar-refractivity contribution in [1.82, 2.24) is 20.4 Å². The molecule has 0 spiro atoms. The van der Waals surface area contributed by atoms with Gasteiger partial charge in [-0.15, -0.1) is 10.2 Å². The number of nitrogens with zero attached hydrogens (tertiary/aromatic N) is 3. The number of carboxylic acids is 1. The van der Waals surface area contributed by atoms with Crippen LogP contribution in [0.15, 0.2) is 53.1 Å². The van der Waals surface area contributed by atoms with Gasteiger partial charge in [0.1, 0.15) is 15.8 Å². The van der Waals surface area contributed by atoms with E-state index < -0.39 is 12.1 Å². The third-order valence-corrected chi connectivity index (χ3v) is 5.49. The van der Waals surface area contributed by atoms with E-state index in [1.807, 2.05) is 18.2 Å². The highest BCUT2D eigenvalue weighted by atomic mass is 32.1. The number of furan rings is 1. The van der Waals surface area contributed by atoms with Crippen molar-refractivity contribution in [2.24, 2.45) is 0 Å². The van der Waals surface area contributed by atoms with Gasteiger partial charge in [0.25, 0.3) is 0 Å². The van der Waals surface area contributed by atoms with Gasteiger partial charge in [-0.2, -0.15) is 13.2 Å². The van der Waals surface area contributed by atoms with E-state index in [4.69, 9.17) is 14.3 Å². The van der Waals surface area contributed by atoms with E-state index in [0.717, 1.165) is 48.5 Å². The number of aromatic nitrogens is 2. The summed E-state index contributed by atoms with van der Waals surface area (Å²) in [6, 6.07) is 14.5. The van der Waals surface area contributed by atoms with Crippen LogP contribution in [0.3, 0.4) is 0 Å². The number of halogens is 3. The van der Waals surface area contributed by atoms with E-state index in [-0.39, 0.29) is 0 Å². The van der Waals surface area contributed by atoms with Crippen molar-refractivity contribution in [3.05, 3.63) is 70.1 Å². The Kier molecular flexibility index (Phi) is 7.77. The number of carboxylic acid groups (broad SMARTS) is 1. The zero-order valence-corrected chi connectivity index (χ0v) is 17.2. The third-order valence-electron chi connectivity index (χ3n) is 4.42. The summed E-state index contributed by atoms with van der Waals surface area (Å²) in [5.74, 6) is -1.24. The van der Waals surface area contributed by atoms with Crippen molar-refractivity contribution in [3.63, 3.8) is 0 Å². The van der Waals surface area contributed by atoms with Gasteiger partial charge in [-0.25, -0.2) is 4.79 Å². The lowest BCUT2D eigenvalue weighted by Crippen LogP contribution is -2.39. The molecule has 1 saturated heterocycles. The largest absolute Gasteiger partial charge is 0.490 e. The second-order valence-electron chi connectivity index (χ2n) is 6.90. The number of alkyl halides is 3. The minimum absolute atomic E-state index is 0.545. The van der Waals surface area contributed by atoms with Crippen molar-refractivity contribution in [3.8, 4) is 0 Å². The topological polar surface area (TPSA) is 91.5 Å². The molecule has 2 aromatic heterocycles. The van der Waals surface area contributed by atoms with Crippen LogP contribution in [0.2, 0.25) is 0 Å².